The molecular weight excluding hydrogens is 310 g/mol. The summed E-state index contributed by atoms with van der Waals surface area (Å²) in [5.41, 5.74) is 0.249. The zero-order chi connectivity index (χ0) is 16.1. The number of nitro groups is 1. The number of nitrogens with zero attached hydrogens (tertiary/aromatic N) is 1. The highest BCUT2D eigenvalue weighted by Crippen LogP contribution is 2.32. The van der Waals surface area contributed by atoms with E-state index in [4.69, 9.17) is 21.1 Å². The van der Waals surface area contributed by atoms with E-state index in [1.54, 1.807) is 19.1 Å². The lowest BCUT2D eigenvalue weighted by Gasteiger charge is -2.12. The summed E-state index contributed by atoms with van der Waals surface area (Å²) in [6.45, 7) is 2.10. The van der Waals surface area contributed by atoms with E-state index in [2.05, 4.69) is 0 Å². The molecule has 0 aliphatic carbocycles. The van der Waals surface area contributed by atoms with Crippen LogP contribution in [0.25, 0.3) is 0 Å². The van der Waals surface area contributed by atoms with Crippen molar-refractivity contribution >= 4 is 17.3 Å². The molecule has 116 valence electrons. The van der Waals surface area contributed by atoms with Gasteiger partial charge < -0.3 is 14.6 Å². The van der Waals surface area contributed by atoms with E-state index in [0.717, 1.165) is 0 Å². The summed E-state index contributed by atoms with van der Waals surface area (Å²) in [6.07, 6.45) is 0. The fourth-order valence-electron chi connectivity index (χ4n) is 1.92. The number of halogens is 1. The number of phenolic OH excluding ortho intramolecular Hbond substituents is 1. The number of phenols is 1. The summed E-state index contributed by atoms with van der Waals surface area (Å²) in [4.78, 5) is 10.7. The zero-order valence-electron chi connectivity index (χ0n) is 11.8. The Kier molecular flexibility index (Phi) is 5.06. The standard InChI is InChI=1S/C15H14ClNO5/c1-2-21-14-5-3-4-13(17(19)20)11(14)9-22-15-7-6-10(18)8-12(15)16/h3-8,18H,2,9H2,1H3. The lowest BCUT2D eigenvalue weighted by molar-refractivity contribution is -0.385. The van der Waals surface area contributed by atoms with E-state index in [0.29, 0.717) is 23.7 Å². The third kappa shape index (κ3) is 3.59. The molecule has 0 spiro atoms. The number of hydrogen-bond donors (Lipinski definition) is 1. The topological polar surface area (TPSA) is 81.8 Å². The lowest BCUT2D eigenvalue weighted by atomic mass is 10.1. The second-order valence-corrected chi connectivity index (χ2v) is 4.75. The van der Waals surface area contributed by atoms with Gasteiger partial charge in [-0.25, -0.2) is 0 Å². The molecule has 2 rings (SSSR count). The minimum Gasteiger partial charge on any atom is -0.508 e. The maximum atomic E-state index is 11.1. The van der Waals surface area contributed by atoms with Crippen LogP contribution in [0.3, 0.4) is 0 Å². The van der Waals surface area contributed by atoms with Crippen molar-refractivity contribution in [3.63, 3.8) is 0 Å². The Labute approximate surface area is 132 Å². The second-order valence-electron chi connectivity index (χ2n) is 4.35. The molecule has 2 aromatic rings. The largest absolute Gasteiger partial charge is 0.508 e. The zero-order valence-corrected chi connectivity index (χ0v) is 12.5. The molecule has 0 fully saturated rings. The van der Waals surface area contributed by atoms with E-state index in [9.17, 15) is 15.2 Å². The predicted octanol–water partition coefficient (Wildman–Crippen LogP) is 3.93. The van der Waals surface area contributed by atoms with Crippen LogP contribution in [-0.4, -0.2) is 16.6 Å². The number of aromatic hydroxyl groups is 1. The molecule has 0 aliphatic rings. The molecule has 0 aliphatic heterocycles. The smallest absolute Gasteiger partial charge is 0.279 e. The Morgan fingerprint density at radius 1 is 1.23 bits per heavy atom. The van der Waals surface area contributed by atoms with Crippen molar-refractivity contribution in [1.29, 1.82) is 0 Å². The molecule has 0 saturated heterocycles. The maximum absolute atomic E-state index is 11.1. The van der Waals surface area contributed by atoms with Gasteiger partial charge >= 0.3 is 0 Å². The van der Waals surface area contributed by atoms with Crippen LogP contribution < -0.4 is 9.47 Å². The summed E-state index contributed by atoms with van der Waals surface area (Å²) >= 11 is 5.95. The van der Waals surface area contributed by atoms with E-state index in [1.165, 1.54) is 24.3 Å². The van der Waals surface area contributed by atoms with Gasteiger partial charge in [0.05, 0.1) is 16.6 Å². The highest BCUT2D eigenvalue weighted by atomic mass is 35.5. The Bertz CT molecular complexity index is 690. The summed E-state index contributed by atoms with van der Waals surface area (Å²) in [7, 11) is 0. The SMILES string of the molecule is CCOc1cccc([N+](=O)[O-])c1COc1ccc(O)cc1Cl. The van der Waals surface area contributed by atoms with Gasteiger partial charge in [-0.2, -0.15) is 0 Å². The Morgan fingerprint density at radius 2 is 2.00 bits per heavy atom. The van der Waals surface area contributed by atoms with Crippen LogP contribution in [0.4, 0.5) is 5.69 Å². The Morgan fingerprint density at radius 3 is 2.64 bits per heavy atom. The maximum Gasteiger partial charge on any atom is 0.279 e. The number of benzene rings is 2. The molecule has 22 heavy (non-hydrogen) atoms. The Balaban J connectivity index is 2.29. The van der Waals surface area contributed by atoms with Crippen molar-refractivity contribution in [2.24, 2.45) is 0 Å². The lowest BCUT2D eigenvalue weighted by Crippen LogP contribution is -2.05. The number of rotatable bonds is 6. The molecule has 6 nitrogen and oxygen atoms in total. The summed E-state index contributed by atoms with van der Waals surface area (Å²) in [5.74, 6) is 0.727. The number of ether oxygens (including phenoxy) is 2. The van der Waals surface area contributed by atoms with Gasteiger partial charge in [0.25, 0.3) is 5.69 Å². The first kappa shape index (κ1) is 15.9. The van der Waals surface area contributed by atoms with Crippen LogP contribution in [0.15, 0.2) is 36.4 Å². The first-order valence-corrected chi connectivity index (χ1v) is 6.91. The molecule has 0 amide bonds. The molecule has 1 N–H and O–H groups in total. The monoisotopic (exact) mass is 323 g/mol. The van der Waals surface area contributed by atoms with Gasteiger partial charge in [-0.05, 0) is 25.1 Å². The van der Waals surface area contributed by atoms with Crippen molar-refractivity contribution in [2.75, 3.05) is 6.61 Å². The van der Waals surface area contributed by atoms with Crippen LogP contribution >= 0.6 is 11.6 Å². The molecule has 0 radical (unpaired) electrons. The normalized spacial score (nSPS) is 10.3. The van der Waals surface area contributed by atoms with Gasteiger partial charge in [0.15, 0.2) is 0 Å². The van der Waals surface area contributed by atoms with Gasteiger partial charge in [0.1, 0.15) is 29.4 Å². The fourth-order valence-corrected chi connectivity index (χ4v) is 2.15. The highest BCUT2D eigenvalue weighted by Gasteiger charge is 2.19. The average Bonchev–Trinajstić information content (AvgIpc) is 2.47. The van der Waals surface area contributed by atoms with Crippen molar-refractivity contribution in [2.45, 2.75) is 13.5 Å². The van der Waals surface area contributed by atoms with Gasteiger partial charge in [-0.3, -0.25) is 10.1 Å². The van der Waals surface area contributed by atoms with Crippen LogP contribution in [0.5, 0.6) is 17.2 Å². The third-order valence-corrected chi connectivity index (χ3v) is 3.19. The predicted molar refractivity (Wildman–Crippen MR) is 81.7 cm³/mol. The van der Waals surface area contributed by atoms with Crippen LogP contribution in [0.2, 0.25) is 5.02 Å². The van der Waals surface area contributed by atoms with Gasteiger partial charge in [0.2, 0.25) is 0 Å². The van der Waals surface area contributed by atoms with Crippen molar-refractivity contribution in [3.8, 4) is 17.2 Å². The van der Waals surface area contributed by atoms with Crippen molar-refractivity contribution in [1.82, 2.24) is 0 Å². The van der Waals surface area contributed by atoms with Gasteiger partial charge in [-0.1, -0.05) is 17.7 Å². The van der Waals surface area contributed by atoms with E-state index in [-0.39, 0.29) is 23.1 Å². The molecule has 0 aromatic heterocycles. The molecule has 0 unspecified atom stereocenters. The second kappa shape index (κ2) is 7.00. The minimum atomic E-state index is -0.486. The molecule has 0 heterocycles. The first-order valence-electron chi connectivity index (χ1n) is 6.53. The summed E-state index contributed by atoms with van der Waals surface area (Å²) in [6, 6.07) is 8.84. The molecular formula is C15H14ClNO5. The first-order chi connectivity index (χ1) is 10.5. The van der Waals surface area contributed by atoms with Crippen molar-refractivity contribution < 1.29 is 19.5 Å². The Hall–Kier alpha value is -2.47. The highest BCUT2D eigenvalue weighted by molar-refractivity contribution is 6.32. The number of hydrogen-bond acceptors (Lipinski definition) is 5. The quantitative estimate of drug-likeness (QED) is 0.643. The van der Waals surface area contributed by atoms with Crippen LogP contribution in [0, 0.1) is 10.1 Å². The number of nitro benzene ring substituents is 1. The van der Waals surface area contributed by atoms with Crippen LogP contribution in [-0.2, 0) is 6.61 Å². The van der Waals surface area contributed by atoms with E-state index in [1.807, 2.05) is 0 Å². The third-order valence-electron chi connectivity index (χ3n) is 2.89. The van der Waals surface area contributed by atoms with E-state index < -0.39 is 4.92 Å². The van der Waals surface area contributed by atoms with Crippen LogP contribution in [0.1, 0.15) is 12.5 Å². The summed E-state index contributed by atoms with van der Waals surface area (Å²) in [5, 5.41) is 20.7. The van der Waals surface area contributed by atoms with E-state index >= 15 is 0 Å². The average molecular weight is 324 g/mol. The van der Waals surface area contributed by atoms with Gasteiger partial charge in [0, 0.05) is 12.1 Å². The molecule has 0 bridgehead atoms. The van der Waals surface area contributed by atoms with Gasteiger partial charge in [-0.15, -0.1) is 0 Å². The summed E-state index contributed by atoms with van der Waals surface area (Å²) < 4.78 is 10.9. The molecule has 7 heteroatoms. The molecule has 0 atom stereocenters. The minimum absolute atomic E-state index is 0.0121. The molecule has 2 aromatic carbocycles. The van der Waals surface area contributed by atoms with Crippen molar-refractivity contribution in [3.05, 3.63) is 57.1 Å². The fraction of sp³-hybridized carbons (Fsp3) is 0.200. The molecule has 0 saturated carbocycles.